The number of alkyl halides is 3. The Morgan fingerprint density at radius 1 is 0.750 bits per heavy atom. The molecule has 0 aliphatic heterocycles. The van der Waals surface area contributed by atoms with Gasteiger partial charge in [0, 0.05) is 11.1 Å². The van der Waals surface area contributed by atoms with E-state index in [2.05, 4.69) is 0 Å². The lowest BCUT2D eigenvalue weighted by Crippen LogP contribution is -2.27. The van der Waals surface area contributed by atoms with Crippen LogP contribution in [0.2, 0.25) is 0 Å². The number of rotatable bonds is 4. The normalized spacial score (nSPS) is 13.9. The van der Waals surface area contributed by atoms with Crippen molar-refractivity contribution in [1.82, 2.24) is 0 Å². The molecule has 3 aromatic carbocycles. The van der Waals surface area contributed by atoms with Gasteiger partial charge in [-0.15, -0.1) is 0 Å². The molecule has 28 heavy (non-hydrogen) atoms. The van der Waals surface area contributed by atoms with Gasteiger partial charge in [-0.25, -0.2) is 8.78 Å². The highest BCUT2D eigenvalue weighted by molar-refractivity contribution is 5.46. The van der Waals surface area contributed by atoms with Crippen LogP contribution in [-0.2, 0) is 18.0 Å². The Morgan fingerprint density at radius 2 is 1.39 bits per heavy atom. The zero-order valence-corrected chi connectivity index (χ0v) is 15.0. The Hall–Kier alpha value is -2.89. The van der Waals surface area contributed by atoms with Crippen molar-refractivity contribution in [2.24, 2.45) is 0 Å². The van der Waals surface area contributed by atoms with Crippen molar-refractivity contribution >= 4 is 5.69 Å². The highest BCUT2D eigenvalue weighted by atomic mass is 19.4. The maximum atomic E-state index is 14.1. The topological polar surface area (TPSA) is 26.0 Å². The molecule has 0 fully saturated rings. The minimum absolute atomic E-state index is 0.147. The summed E-state index contributed by atoms with van der Waals surface area (Å²) in [6, 6.07) is 14.9. The van der Waals surface area contributed by atoms with Crippen LogP contribution in [-0.4, -0.2) is 0 Å². The maximum absolute atomic E-state index is 14.1. The van der Waals surface area contributed by atoms with Crippen molar-refractivity contribution in [3.8, 4) is 0 Å². The molecular formula is C22H18F5N. The molecule has 0 aliphatic carbocycles. The fraction of sp³-hybridized carbons (Fsp3) is 0.182. The summed E-state index contributed by atoms with van der Waals surface area (Å²) in [5, 5.41) is 0. The predicted octanol–water partition coefficient (Wildman–Crippen LogP) is 6.11. The van der Waals surface area contributed by atoms with Crippen molar-refractivity contribution in [2.45, 2.75) is 24.9 Å². The first-order valence-electron chi connectivity index (χ1n) is 8.57. The van der Waals surface area contributed by atoms with E-state index in [0.29, 0.717) is 17.3 Å². The number of hydrogen-bond acceptors (Lipinski definition) is 1. The van der Waals surface area contributed by atoms with E-state index in [0.717, 1.165) is 17.7 Å². The monoisotopic (exact) mass is 391 g/mol. The number of anilines is 1. The summed E-state index contributed by atoms with van der Waals surface area (Å²) < 4.78 is 67.2. The van der Waals surface area contributed by atoms with Crippen LogP contribution in [0.4, 0.5) is 27.6 Å². The lowest BCUT2D eigenvalue weighted by atomic mass is 9.71. The lowest BCUT2D eigenvalue weighted by molar-refractivity contribution is -0.137. The molecule has 0 aromatic heterocycles. The fourth-order valence-electron chi connectivity index (χ4n) is 3.37. The summed E-state index contributed by atoms with van der Waals surface area (Å²) in [6.07, 6.45) is -4.43. The second-order valence-electron chi connectivity index (χ2n) is 6.99. The van der Waals surface area contributed by atoms with Crippen molar-refractivity contribution in [3.05, 3.63) is 101 Å². The van der Waals surface area contributed by atoms with Crippen LogP contribution in [0, 0.1) is 11.6 Å². The summed E-state index contributed by atoms with van der Waals surface area (Å²) in [5.74, 6) is -1.45. The van der Waals surface area contributed by atoms with Crippen molar-refractivity contribution < 1.29 is 22.0 Å². The van der Waals surface area contributed by atoms with Gasteiger partial charge in [0.25, 0.3) is 0 Å². The minimum atomic E-state index is -4.68. The number of nitrogen functional groups attached to an aromatic ring is 1. The van der Waals surface area contributed by atoms with Gasteiger partial charge in [-0.2, -0.15) is 13.2 Å². The Labute approximate surface area is 159 Å². The zero-order valence-electron chi connectivity index (χ0n) is 15.0. The van der Waals surface area contributed by atoms with E-state index in [1.807, 2.05) is 0 Å². The molecular weight excluding hydrogens is 373 g/mol. The standard InChI is InChI=1S/C22H18F5N/c1-21(15-5-7-18(23)8-6-15,13-14-3-2-4-20(28)9-14)16-10-17(22(25,26)27)12-19(24)11-16/h2-12H,13,28H2,1H3. The Morgan fingerprint density at radius 3 is 2.00 bits per heavy atom. The molecule has 3 rings (SSSR count). The zero-order chi connectivity index (χ0) is 20.5. The molecule has 0 amide bonds. The number of benzene rings is 3. The summed E-state index contributed by atoms with van der Waals surface area (Å²) >= 11 is 0. The maximum Gasteiger partial charge on any atom is 0.416 e. The van der Waals surface area contributed by atoms with Gasteiger partial charge in [0.05, 0.1) is 5.56 Å². The van der Waals surface area contributed by atoms with Gasteiger partial charge < -0.3 is 5.73 Å². The highest BCUT2D eigenvalue weighted by Gasteiger charge is 2.35. The average molecular weight is 391 g/mol. The summed E-state index contributed by atoms with van der Waals surface area (Å²) in [6.45, 7) is 1.71. The van der Waals surface area contributed by atoms with Gasteiger partial charge in [-0.05, 0) is 65.6 Å². The van der Waals surface area contributed by atoms with E-state index in [9.17, 15) is 22.0 Å². The molecule has 0 aliphatic rings. The third-order valence-electron chi connectivity index (χ3n) is 4.85. The second-order valence-corrected chi connectivity index (χ2v) is 6.99. The quantitative estimate of drug-likeness (QED) is 0.421. The van der Waals surface area contributed by atoms with Crippen LogP contribution in [0.3, 0.4) is 0 Å². The average Bonchev–Trinajstić information content (AvgIpc) is 2.61. The lowest BCUT2D eigenvalue weighted by Gasteiger charge is -2.32. The Kier molecular flexibility index (Phi) is 5.15. The van der Waals surface area contributed by atoms with Gasteiger partial charge in [0.1, 0.15) is 11.6 Å². The first-order valence-corrected chi connectivity index (χ1v) is 8.57. The Bertz CT molecular complexity index is 979. The van der Waals surface area contributed by atoms with Crippen LogP contribution in [0.5, 0.6) is 0 Å². The molecule has 0 spiro atoms. The summed E-state index contributed by atoms with van der Waals surface area (Å²) in [4.78, 5) is 0. The largest absolute Gasteiger partial charge is 0.416 e. The van der Waals surface area contributed by atoms with Gasteiger partial charge in [0.15, 0.2) is 0 Å². The molecule has 0 bridgehead atoms. The van der Waals surface area contributed by atoms with E-state index in [1.54, 1.807) is 31.2 Å². The number of hydrogen-bond donors (Lipinski definition) is 1. The first kappa shape index (κ1) is 19.9. The summed E-state index contributed by atoms with van der Waals surface area (Å²) in [7, 11) is 0. The Balaban J connectivity index is 2.19. The molecule has 0 heterocycles. The van der Waals surface area contributed by atoms with Crippen molar-refractivity contribution in [3.63, 3.8) is 0 Å². The molecule has 6 heteroatoms. The third kappa shape index (κ3) is 4.16. The van der Waals surface area contributed by atoms with E-state index >= 15 is 0 Å². The molecule has 0 saturated heterocycles. The molecule has 3 aromatic rings. The van der Waals surface area contributed by atoms with E-state index in [4.69, 9.17) is 5.73 Å². The van der Waals surface area contributed by atoms with Crippen LogP contribution in [0.1, 0.15) is 29.2 Å². The van der Waals surface area contributed by atoms with Gasteiger partial charge in [0.2, 0.25) is 0 Å². The summed E-state index contributed by atoms with van der Waals surface area (Å²) in [5.41, 5.74) is 5.71. The molecule has 0 radical (unpaired) electrons. The van der Waals surface area contributed by atoms with E-state index < -0.39 is 28.8 Å². The number of nitrogens with two attached hydrogens (primary N) is 1. The van der Waals surface area contributed by atoms with Crippen molar-refractivity contribution in [1.29, 1.82) is 0 Å². The van der Waals surface area contributed by atoms with Gasteiger partial charge in [-0.3, -0.25) is 0 Å². The predicted molar refractivity (Wildman–Crippen MR) is 98.8 cm³/mol. The van der Waals surface area contributed by atoms with E-state index in [-0.39, 0.29) is 12.0 Å². The molecule has 146 valence electrons. The molecule has 0 saturated carbocycles. The van der Waals surface area contributed by atoms with Crippen LogP contribution < -0.4 is 5.73 Å². The van der Waals surface area contributed by atoms with Gasteiger partial charge in [-0.1, -0.05) is 31.2 Å². The van der Waals surface area contributed by atoms with Crippen LogP contribution in [0.15, 0.2) is 66.7 Å². The first-order chi connectivity index (χ1) is 13.1. The van der Waals surface area contributed by atoms with Gasteiger partial charge >= 0.3 is 6.18 Å². The molecule has 2 N–H and O–H groups in total. The molecule has 1 nitrogen and oxygen atoms in total. The molecule has 1 unspecified atom stereocenters. The minimum Gasteiger partial charge on any atom is -0.399 e. The van der Waals surface area contributed by atoms with Crippen LogP contribution >= 0.6 is 0 Å². The van der Waals surface area contributed by atoms with E-state index in [1.165, 1.54) is 24.3 Å². The fourth-order valence-corrected chi connectivity index (χ4v) is 3.37. The van der Waals surface area contributed by atoms with Crippen molar-refractivity contribution in [2.75, 3.05) is 5.73 Å². The third-order valence-corrected chi connectivity index (χ3v) is 4.85. The SMILES string of the molecule is CC(Cc1cccc(N)c1)(c1ccc(F)cc1)c1cc(F)cc(C(F)(F)F)c1. The molecule has 1 atom stereocenters. The van der Waals surface area contributed by atoms with Crippen LogP contribution in [0.25, 0.3) is 0 Å². The number of halogens is 5. The highest BCUT2D eigenvalue weighted by Crippen LogP contribution is 2.39. The smallest absolute Gasteiger partial charge is 0.399 e. The second kappa shape index (κ2) is 7.26.